The molecule has 0 aliphatic carbocycles. The van der Waals surface area contributed by atoms with Crippen molar-refractivity contribution in [2.45, 2.75) is 0 Å². The van der Waals surface area contributed by atoms with Crippen LogP contribution in [0.3, 0.4) is 0 Å². The maximum absolute atomic E-state index is 11.8. The number of ether oxygens (including phenoxy) is 1. The van der Waals surface area contributed by atoms with Crippen LogP contribution >= 0.6 is 45.8 Å². The van der Waals surface area contributed by atoms with Crippen LogP contribution in [0.1, 0.15) is 0 Å². The van der Waals surface area contributed by atoms with Gasteiger partial charge in [0.15, 0.2) is 6.61 Å². The maximum Gasteiger partial charge on any atom is 0.262 e. The van der Waals surface area contributed by atoms with Gasteiger partial charge in [0.1, 0.15) is 5.75 Å². The first-order chi connectivity index (χ1) is 9.56. The summed E-state index contributed by atoms with van der Waals surface area (Å²) in [6.07, 6.45) is 0. The fourth-order valence-electron chi connectivity index (χ4n) is 1.47. The van der Waals surface area contributed by atoms with Crippen molar-refractivity contribution in [3.8, 4) is 5.75 Å². The number of rotatable bonds is 4. The zero-order valence-electron chi connectivity index (χ0n) is 10.2. The van der Waals surface area contributed by atoms with Gasteiger partial charge >= 0.3 is 0 Å². The number of halogens is 3. The lowest BCUT2D eigenvalue weighted by atomic mass is 10.3. The summed E-state index contributed by atoms with van der Waals surface area (Å²) in [5.74, 6) is 0.338. The Labute approximate surface area is 140 Å². The molecule has 2 aromatic rings. The highest BCUT2D eigenvalue weighted by Crippen LogP contribution is 2.29. The number of anilines is 1. The Morgan fingerprint density at radius 3 is 2.55 bits per heavy atom. The third kappa shape index (κ3) is 4.26. The molecule has 3 nitrogen and oxygen atoms in total. The smallest absolute Gasteiger partial charge is 0.262 e. The number of hydrogen-bond acceptors (Lipinski definition) is 2. The minimum Gasteiger partial charge on any atom is -0.484 e. The second-order valence-corrected chi connectivity index (χ2v) is 5.92. The van der Waals surface area contributed by atoms with E-state index in [4.69, 9.17) is 27.9 Å². The molecule has 2 aromatic carbocycles. The first-order valence-electron chi connectivity index (χ1n) is 5.68. The lowest BCUT2D eigenvalue weighted by Crippen LogP contribution is -2.20. The van der Waals surface area contributed by atoms with Crippen LogP contribution in [0.5, 0.6) is 5.75 Å². The van der Waals surface area contributed by atoms with Crippen LogP contribution in [0.4, 0.5) is 5.69 Å². The zero-order valence-corrected chi connectivity index (χ0v) is 13.9. The van der Waals surface area contributed by atoms with Crippen molar-refractivity contribution in [3.05, 3.63) is 56.1 Å². The first-order valence-corrected chi connectivity index (χ1v) is 7.52. The Hall–Kier alpha value is -0.980. The van der Waals surface area contributed by atoms with Crippen molar-refractivity contribution in [2.24, 2.45) is 0 Å². The van der Waals surface area contributed by atoms with Crippen LogP contribution < -0.4 is 10.1 Å². The number of amides is 1. The van der Waals surface area contributed by atoms with Crippen LogP contribution in [-0.2, 0) is 4.79 Å². The molecule has 0 aliphatic heterocycles. The van der Waals surface area contributed by atoms with E-state index in [1.165, 1.54) is 0 Å². The number of hydrogen-bond donors (Lipinski definition) is 1. The van der Waals surface area contributed by atoms with Gasteiger partial charge in [-0.15, -0.1) is 0 Å². The third-order valence-electron chi connectivity index (χ3n) is 2.41. The van der Waals surface area contributed by atoms with Crippen molar-refractivity contribution < 1.29 is 9.53 Å². The van der Waals surface area contributed by atoms with Crippen LogP contribution in [0.2, 0.25) is 10.0 Å². The molecular formula is C14H10Cl2INO2. The topological polar surface area (TPSA) is 38.3 Å². The van der Waals surface area contributed by atoms with Crippen molar-refractivity contribution in [1.82, 2.24) is 0 Å². The largest absolute Gasteiger partial charge is 0.484 e. The van der Waals surface area contributed by atoms with Gasteiger partial charge in [0.05, 0.1) is 15.7 Å². The van der Waals surface area contributed by atoms with Gasteiger partial charge in [-0.05, 0) is 59.0 Å². The molecule has 0 spiro atoms. The lowest BCUT2D eigenvalue weighted by molar-refractivity contribution is -0.118. The average molecular weight is 422 g/mol. The number of benzene rings is 2. The lowest BCUT2D eigenvalue weighted by Gasteiger charge is -2.09. The van der Waals surface area contributed by atoms with E-state index in [-0.39, 0.29) is 12.5 Å². The predicted octanol–water partition coefficient (Wildman–Crippen LogP) is 4.62. The van der Waals surface area contributed by atoms with E-state index in [2.05, 4.69) is 27.9 Å². The summed E-state index contributed by atoms with van der Waals surface area (Å²) in [4.78, 5) is 11.8. The monoisotopic (exact) mass is 421 g/mol. The Bertz CT molecular complexity index is 617. The molecule has 0 heterocycles. The third-order valence-corrected chi connectivity index (χ3v) is 3.95. The summed E-state index contributed by atoms with van der Waals surface area (Å²) in [5, 5.41) is 3.36. The van der Waals surface area contributed by atoms with Gasteiger partial charge in [0.25, 0.3) is 5.91 Å². The van der Waals surface area contributed by atoms with Gasteiger partial charge < -0.3 is 10.1 Å². The van der Waals surface area contributed by atoms with E-state index in [9.17, 15) is 4.79 Å². The Kier molecular flexibility index (Phi) is 5.51. The molecule has 6 heteroatoms. The molecule has 0 saturated heterocycles. The second-order valence-electron chi connectivity index (χ2n) is 3.89. The molecule has 0 radical (unpaired) electrons. The molecule has 0 bridgehead atoms. The Balaban J connectivity index is 1.92. The molecule has 0 atom stereocenters. The summed E-state index contributed by atoms with van der Waals surface area (Å²) < 4.78 is 6.48. The molecule has 0 aliphatic rings. The minimum atomic E-state index is -0.298. The Morgan fingerprint density at radius 2 is 1.85 bits per heavy atom. The van der Waals surface area contributed by atoms with E-state index in [0.717, 1.165) is 3.57 Å². The van der Waals surface area contributed by atoms with Crippen molar-refractivity contribution in [3.63, 3.8) is 0 Å². The van der Waals surface area contributed by atoms with Crippen LogP contribution in [0, 0.1) is 3.57 Å². The maximum atomic E-state index is 11.8. The van der Waals surface area contributed by atoms with E-state index in [1.54, 1.807) is 30.3 Å². The molecule has 2 rings (SSSR count). The second kappa shape index (κ2) is 7.15. The van der Waals surface area contributed by atoms with E-state index >= 15 is 0 Å². The predicted molar refractivity (Wildman–Crippen MR) is 89.7 cm³/mol. The van der Waals surface area contributed by atoms with Gasteiger partial charge in [-0.25, -0.2) is 0 Å². The molecule has 20 heavy (non-hydrogen) atoms. The number of carbonyl (C=O) groups excluding carboxylic acids is 1. The van der Waals surface area contributed by atoms with Gasteiger partial charge in [-0.3, -0.25) is 4.79 Å². The van der Waals surface area contributed by atoms with Crippen LogP contribution in [0.15, 0.2) is 42.5 Å². The summed E-state index contributed by atoms with van der Waals surface area (Å²) >= 11 is 14.1. The highest BCUT2D eigenvalue weighted by molar-refractivity contribution is 14.1. The van der Waals surface area contributed by atoms with Crippen molar-refractivity contribution in [1.29, 1.82) is 0 Å². The molecule has 104 valence electrons. The Morgan fingerprint density at radius 1 is 1.15 bits per heavy atom. The molecule has 0 aromatic heterocycles. The summed E-state index contributed by atoms with van der Waals surface area (Å²) in [5.41, 5.74) is 0.468. The van der Waals surface area contributed by atoms with Gasteiger partial charge in [-0.1, -0.05) is 29.3 Å². The molecule has 1 amide bonds. The molecule has 0 saturated carbocycles. The fraction of sp³-hybridized carbons (Fsp3) is 0.0714. The number of nitrogens with one attached hydrogen (secondary N) is 1. The standard InChI is InChI=1S/C14H10Cl2INO2/c15-11-2-1-3-12(14(11)16)18-13(19)8-20-10-6-4-9(17)5-7-10/h1-7H,8H2,(H,18,19). The summed E-state index contributed by atoms with van der Waals surface area (Å²) in [7, 11) is 0. The van der Waals surface area contributed by atoms with Gasteiger partial charge in [-0.2, -0.15) is 0 Å². The molecule has 1 N–H and O–H groups in total. The SMILES string of the molecule is O=C(COc1ccc(I)cc1)Nc1cccc(Cl)c1Cl. The van der Waals surface area contributed by atoms with Crippen LogP contribution in [0.25, 0.3) is 0 Å². The highest BCUT2D eigenvalue weighted by Gasteiger charge is 2.08. The van der Waals surface area contributed by atoms with E-state index in [0.29, 0.717) is 21.5 Å². The quantitative estimate of drug-likeness (QED) is 0.731. The highest BCUT2D eigenvalue weighted by atomic mass is 127. The van der Waals surface area contributed by atoms with E-state index < -0.39 is 0 Å². The van der Waals surface area contributed by atoms with E-state index in [1.807, 2.05) is 12.1 Å². The average Bonchev–Trinajstić information content (AvgIpc) is 2.43. The normalized spacial score (nSPS) is 10.2. The molecular weight excluding hydrogens is 412 g/mol. The van der Waals surface area contributed by atoms with Gasteiger partial charge in [0, 0.05) is 3.57 Å². The van der Waals surface area contributed by atoms with Crippen molar-refractivity contribution in [2.75, 3.05) is 11.9 Å². The first kappa shape index (κ1) is 15.4. The van der Waals surface area contributed by atoms with Gasteiger partial charge in [0.2, 0.25) is 0 Å². The zero-order chi connectivity index (χ0) is 14.5. The van der Waals surface area contributed by atoms with Crippen LogP contribution in [-0.4, -0.2) is 12.5 Å². The summed E-state index contributed by atoms with van der Waals surface area (Å²) in [6, 6.07) is 12.5. The molecule has 0 unspecified atom stereocenters. The number of carbonyl (C=O) groups is 1. The summed E-state index contributed by atoms with van der Waals surface area (Å²) in [6.45, 7) is -0.0938. The fourth-order valence-corrected chi connectivity index (χ4v) is 2.17. The molecule has 0 fully saturated rings. The van der Waals surface area contributed by atoms with Crippen molar-refractivity contribution >= 4 is 57.4 Å². The minimum absolute atomic E-state index is 0.0938.